The molecule has 1 aliphatic heterocycles. The molecule has 0 spiro atoms. The van der Waals surface area contributed by atoms with Gasteiger partial charge in [0.1, 0.15) is 5.25 Å². The summed E-state index contributed by atoms with van der Waals surface area (Å²) in [5, 5.41) is 9.80. The molecule has 11 heavy (non-hydrogen) atoms. The molecule has 7 heteroatoms. The van der Waals surface area contributed by atoms with Crippen LogP contribution in [0.3, 0.4) is 0 Å². The van der Waals surface area contributed by atoms with E-state index in [9.17, 15) is 4.79 Å². The summed E-state index contributed by atoms with van der Waals surface area (Å²) in [6, 6.07) is 0. The molecule has 1 heterocycles. The molecule has 0 aliphatic carbocycles. The number of carboxylic acids is 1. The Hall–Kier alpha value is -0.210. The van der Waals surface area contributed by atoms with Crippen molar-refractivity contribution in [2.75, 3.05) is 0 Å². The van der Waals surface area contributed by atoms with Crippen molar-refractivity contribution < 1.29 is 26.3 Å². The van der Waals surface area contributed by atoms with Crippen molar-refractivity contribution in [3.63, 3.8) is 0 Å². The molecule has 0 aromatic carbocycles. The van der Waals surface area contributed by atoms with E-state index in [4.69, 9.17) is 5.11 Å². The summed E-state index contributed by atoms with van der Waals surface area (Å²) in [6.45, 7) is 0. The SMILES string of the molecule is O.O.O.O=C(O)C1C=CSS1. The summed E-state index contributed by atoms with van der Waals surface area (Å²) < 4.78 is 0. The smallest absolute Gasteiger partial charge is 0.321 e. The molecule has 5 nitrogen and oxygen atoms in total. The normalized spacial score (nSPS) is 19.1. The summed E-state index contributed by atoms with van der Waals surface area (Å²) in [5.41, 5.74) is 0. The van der Waals surface area contributed by atoms with Gasteiger partial charge in [-0.25, -0.2) is 0 Å². The molecule has 1 unspecified atom stereocenters. The van der Waals surface area contributed by atoms with Gasteiger partial charge in [-0.15, -0.1) is 0 Å². The van der Waals surface area contributed by atoms with Crippen molar-refractivity contribution in [2.24, 2.45) is 0 Å². The first-order chi connectivity index (χ1) is 3.80. The molecule has 0 radical (unpaired) electrons. The second-order valence-corrected chi connectivity index (χ2v) is 3.60. The molecular weight excluding hydrogens is 192 g/mol. The Labute approximate surface area is 71.2 Å². The number of rotatable bonds is 1. The summed E-state index contributed by atoms with van der Waals surface area (Å²) in [6.07, 6.45) is 1.68. The van der Waals surface area contributed by atoms with E-state index >= 15 is 0 Å². The summed E-state index contributed by atoms with van der Waals surface area (Å²) in [5.74, 6) is -0.753. The van der Waals surface area contributed by atoms with Gasteiger partial charge in [0.25, 0.3) is 0 Å². The van der Waals surface area contributed by atoms with Crippen molar-refractivity contribution in [3.8, 4) is 0 Å². The van der Waals surface area contributed by atoms with E-state index in [-0.39, 0.29) is 21.7 Å². The number of hydrogen-bond acceptors (Lipinski definition) is 3. The average Bonchev–Trinajstić information content (AvgIpc) is 2.12. The first-order valence-electron chi connectivity index (χ1n) is 2.02. The lowest BCUT2D eigenvalue weighted by Gasteiger charge is -1.94. The number of hydrogen-bond donors (Lipinski definition) is 1. The zero-order chi connectivity index (χ0) is 5.98. The van der Waals surface area contributed by atoms with Crippen LogP contribution >= 0.6 is 21.6 Å². The third-order valence-electron chi connectivity index (χ3n) is 0.712. The standard InChI is InChI=1S/C4H4O2S2.3H2O/c5-4(6)3-1-2-7-8-3;;;/h1-3H,(H,5,6);3*1H2. The van der Waals surface area contributed by atoms with Gasteiger partial charge in [-0.2, -0.15) is 0 Å². The van der Waals surface area contributed by atoms with Crippen LogP contribution in [0, 0.1) is 0 Å². The van der Waals surface area contributed by atoms with Crippen LogP contribution in [0.15, 0.2) is 11.5 Å². The van der Waals surface area contributed by atoms with Crippen molar-refractivity contribution in [1.82, 2.24) is 0 Å². The molecule has 0 saturated heterocycles. The Morgan fingerprint density at radius 3 is 2.09 bits per heavy atom. The van der Waals surface area contributed by atoms with E-state index in [0.717, 1.165) is 0 Å². The zero-order valence-electron chi connectivity index (χ0n) is 5.40. The lowest BCUT2D eigenvalue weighted by molar-refractivity contribution is -0.135. The second-order valence-electron chi connectivity index (χ2n) is 1.28. The molecule has 1 atom stereocenters. The predicted molar refractivity (Wildman–Crippen MR) is 46.6 cm³/mol. The average molecular weight is 202 g/mol. The molecule has 0 aromatic heterocycles. The van der Waals surface area contributed by atoms with Crippen LogP contribution in [0.25, 0.3) is 0 Å². The highest BCUT2D eigenvalue weighted by molar-refractivity contribution is 8.78. The summed E-state index contributed by atoms with van der Waals surface area (Å²) >= 11 is 0. The van der Waals surface area contributed by atoms with E-state index in [1.165, 1.54) is 21.6 Å². The van der Waals surface area contributed by atoms with E-state index in [2.05, 4.69) is 0 Å². The predicted octanol–water partition coefficient (Wildman–Crippen LogP) is -1.13. The molecule has 7 N–H and O–H groups in total. The maximum Gasteiger partial charge on any atom is 0.321 e. The van der Waals surface area contributed by atoms with Gasteiger partial charge in [0.15, 0.2) is 0 Å². The lowest BCUT2D eigenvalue weighted by Crippen LogP contribution is -2.09. The minimum Gasteiger partial charge on any atom is -0.480 e. The van der Waals surface area contributed by atoms with Crippen LogP contribution in [0.4, 0.5) is 0 Å². The van der Waals surface area contributed by atoms with Crippen LogP contribution in [0.5, 0.6) is 0 Å². The van der Waals surface area contributed by atoms with Gasteiger partial charge in [0, 0.05) is 0 Å². The Morgan fingerprint density at radius 2 is 1.91 bits per heavy atom. The second kappa shape index (κ2) is 7.89. The van der Waals surface area contributed by atoms with E-state index in [1.807, 2.05) is 0 Å². The van der Waals surface area contributed by atoms with Gasteiger partial charge in [-0.05, 0) is 5.41 Å². The van der Waals surface area contributed by atoms with Gasteiger partial charge < -0.3 is 21.5 Å². The lowest BCUT2D eigenvalue weighted by atomic mass is 10.4. The maximum atomic E-state index is 10.1. The molecule has 68 valence electrons. The highest BCUT2D eigenvalue weighted by Crippen LogP contribution is 2.35. The fraction of sp³-hybridized carbons (Fsp3) is 0.250. The quantitative estimate of drug-likeness (QED) is 0.539. The van der Waals surface area contributed by atoms with E-state index in [1.54, 1.807) is 11.5 Å². The third-order valence-corrected chi connectivity index (χ3v) is 2.95. The monoisotopic (exact) mass is 202 g/mol. The fourth-order valence-electron chi connectivity index (χ4n) is 0.351. The van der Waals surface area contributed by atoms with Gasteiger partial charge in [0.2, 0.25) is 0 Å². The summed E-state index contributed by atoms with van der Waals surface area (Å²) in [4.78, 5) is 10.1. The molecule has 1 rings (SSSR count). The van der Waals surface area contributed by atoms with Crippen LogP contribution in [0.2, 0.25) is 0 Å². The van der Waals surface area contributed by atoms with Crippen molar-refractivity contribution in [2.45, 2.75) is 5.25 Å². The molecule has 1 aliphatic rings. The van der Waals surface area contributed by atoms with Gasteiger partial charge >= 0.3 is 5.97 Å². The molecule has 0 amide bonds. The maximum absolute atomic E-state index is 10.1. The Balaban J connectivity index is -0.000000213. The first kappa shape index (κ1) is 17.0. The first-order valence-corrected chi connectivity index (χ1v) is 4.30. The minimum atomic E-state index is -0.753. The third kappa shape index (κ3) is 5.10. The highest BCUT2D eigenvalue weighted by atomic mass is 33.1. The van der Waals surface area contributed by atoms with Gasteiger partial charge in [-0.3, -0.25) is 4.79 Å². The fourth-order valence-corrected chi connectivity index (χ4v) is 2.26. The van der Waals surface area contributed by atoms with Crippen molar-refractivity contribution >= 4 is 27.6 Å². The van der Waals surface area contributed by atoms with Crippen LogP contribution in [-0.4, -0.2) is 32.8 Å². The summed E-state index contributed by atoms with van der Waals surface area (Å²) in [7, 11) is 2.82. The number of carbonyl (C=O) groups is 1. The Bertz CT molecular complexity index is 136. The van der Waals surface area contributed by atoms with Crippen LogP contribution < -0.4 is 0 Å². The largest absolute Gasteiger partial charge is 0.480 e. The Kier molecular flexibility index (Phi) is 12.2. The molecular formula is C4H10O5S2. The molecule has 0 fully saturated rings. The van der Waals surface area contributed by atoms with E-state index < -0.39 is 5.97 Å². The zero-order valence-corrected chi connectivity index (χ0v) is 7.04. The van der Waals surface area contributed by atoms with Crippen LogP contribution in [-0.2, 0) is 4.79 Å². The van der Waals surface area contributed by atoms with Crippen molar-refractivity contribution in [1.29, 1.82) is 0 Å². The highest BCUT2D eigenvalue weighted by Gasteiger charge is 2.17. The van der Waals surface area contributed by atoms with E-state index in [0.29, 0.717) is 0 Å². The van der Waals surface area contributed by atoms with Crippen LogP contribution in [0.1, 0.15) is 0 Å². The van der Waals surface area contributed by atoms with Gasteiger partial charge in [0.05, 0.1) is 0 Å². The number of carboxylic acid groups (broad SMARTS) is 1. The topological polar surface area (TPSA) is 132 Å². The number of aliphatic carboxylic acids is 1. The minimum absolute atomic E-state index is 0. The van der Waals surface area contributed by atoms with Gasteiger partial charge in [-0.1, -0.05) is 27.7 Å². The molecule has 0 saturated carbocycles. The Morgan fingerprint density at radius 1 is 1.36 bits per heavy atom. The molecule has 0 bridgehead atoms. The molecule has 0 aromatic rings. The van der Waals surface area contributed by atoms with Crippen molar-refractivity contribution in [3.05, 3.63) is 11.5 Å².